The van der Waals surface area contributed by atoms with Gasteiger partial charge >= 0.3 is 0 Å². The largest absolute Gasteiger partial charge is 0.497 e. The van der Waals surface area contributed by atoms with Crippen molar-refractivity contribution in [3.8, 4) is 17.0 Å². The maximum absolute atomic E-state index is 5.73. The highest BCUT2D eigenvalue weighted by molar-refractivity contribution is 5.59. The van der Waals surface area contributed by atoms with Crippen molar-refractivity contribution >= 4 is 0 Å². The highest BCUT2D eigenvalue weighted by Gasteiger charge is 2.03. The van der Waals surface area contributed by atoms with Crippen LogP contribution in [0.3, 0.4) is 0 Å². The fraction of sp³-hybridized carbons (Fsp3) is 0.308. The molecule has 0 fully saturated rings. The van der Waals surface area contributed by atoms with E-state index in [1.165, 1.54) is 0 Å². The van der Waals surface area contributed by atoms with Gasteiger partial charge in [0.15, 0.2) is 0 Å². The number of benzene rings is 1. The highest BCUT2D eigenvalue weighted by Crippen LogP contribution is 2.20. The number of ether oxygens (including phenoxy) is 1. The maximum atomic E-state index is 5.73. The van der Waals surface area contributed by atoms with E-state index in [1.807, 2.05) is 48.1 Å². The van der Waals surface area contributed by atoms with Crippen LogP contribution in [0.25, 0.3) is 11.3 Å². The summed E-state index contributed by atoms with van der Waals surface area (Å²) in [5.41, 5.74) is 7.76. The summed E-state index contributed by atoms with van der Waals surface area (Å²) < 4.78 is 6.99. The molecule has 0 saturated carbocycles. The SMILES string of the molecule is COc1ccc(-c2ccn(C[C@H](C)N)n2)cc1. The second-order valence-corrected chi connectivity index (χ2v) is 4.13. The second kappa shape index (κ2) is 5.01. The Labute approximate surface area is 101 Å². The third-order valence-electron chi connectivity index (χ3n) is 2.50. The fourth-order valence-corrected chi connectivity index (χ4v) is 1.67. The Balaban J connectivity index is 2.18. The first kappa shape index (κ1) is 11.7. The zero-order valence-electron chi connectivity index (χ0n) is 10.1. The fourth-order valence-electron chi connectivity index (χ4n) is 1.67. The molecular formula is C13H17N3O. The number of aromatic nitrogens is 2. The summed E-state index contributed by atoms with van der Waals surface area (Å²) in [5, 5.41) is 4.47. The average molecular weight is 231 g/mol. The first-order valence-electron chi connectivity index (χ1n) is 5.62. The molecule has 1 aromatic heterocycles. The van der Waals surface area contributed by atoms with Gasteiger partial charge in [-0.1, -0.05) is 0 Å². The lowest BCUT2D eigenvalue weighted by Gasteiger charge is -2.04. The molecule has 1 aromatic carbocycles. The van der Waals surface area contributed by atoms with Gasteiger partial charge in [0.05, 0.1) is 19.3 Å². The molecule has 1 heterocycles. The van der Waals surface area contributed by atoms with Crippen LogP contribution in [0.4, 0.5) is 0 Å². The van der Waals surface area contributed by atoms with Crippen molar-refractivity contribution < 1.29 is 4.74 Å². The Kier molecular flexibility index (Phi) is 3.44. The summed E-state index contributed by atoms with van der Waals surface area (Å²) in [5.74, 6) is 0.851. The summed E-state index contributed by atoms with van der Waals surface area (Å²) in [6, 6.07) is 9.96. The van der Waals surface area contributed by atoms with Crippen molar-refractivity contribution in [2.75, 3.05) is 7.11 Å². The van der Waals surface area contributed by atoms with Crippen LogP contribution in [0, 0.1) is 0 Å². The van der Waals surface area contributed by atoms with E-state index in [9.17, 15) is 0 Å². The normalized spacial score (nSPS) is 12.4. The van der Waals surface area contributed by atoms with E-state index in [0.717, 1.165) is 23.6 Å². The molecule has 0 unspecified atom stereocenters. The van der Waals surface area contributed by atoms with Gasteiger partial charge in [0.2, 0.25) is 0 Å². The molecule has 0 saturated heterocycles. The number of hydrogen-bond donors (Lipinski definition) is 1. The van der Waals surface area contributed by atoms with Gasteiger partial charge in [-0.3, -0.25) is 4.68 Å². The second-order valence-electron chi connectivity index (χ2n) is 4.13. The van der Waals surface area contributed by atoms with Gasteiger partial charge in [-0.05, 0) is 37.3 Å². The van der Waals surface area contributed by atoms with Crippen LogP contribution in [0.5, 0.6) is 5.75 Å². The minimum Gasteiger partial charge on any atom is -0.497 e. The number of rotatable bonds is 4. The number of nitrogens with two attached hydrogens (primary N) is 1. The topological polar surface area (TPSA) is 53.1 Å². The molecule has 0 aliphatic heterocycles. The van der Waals surface area contributed by atoms with Crippen LogP contribution in [-0.2, 0) is 6.54 Å². The zero-order chi connectivity index (χ0) is 12.3. The van der Waals surface area contributed by atoms with Crippen LogP contribution < -0.4 is 10.5 Å². The van der Waals surface area contributed by atoms with E-state index in [2.05, 4.69) is 5.10 Å². The molecule has 90 valence electrons. The number of nitrogens with zero attached hydrogens (tertiary/aromatic N) is 2. The predicted octanol–water partition coefficient (Wildman–Crippen LogP) is 1.91. The Morgan fingerprint density at radius 1 is 1.29 bits per heavy atom. The van der Waals surface area contributed by atoms with Crippen LogP contribution in [-0.4, -0.2) is 22.9 Å². The van der Waals surface area contributed by atoms with Gasteiger partial charge in [0.25, 0.3) is 0 Å². The zero-order valence-corrected chi connectivity index (χ0v) is 10.1. The maximum Gasteiger partial charge on any atom is 0.118 e. The molecule has 0 aliphatic rings. The van der Waals surface area contributed by atoms with Crippen LogP contribution in [0.15, 0.2) is 36.5 Å². The third kappa shape index (κ3) is 2.85. The van der Waals surface area contributed by atoms with Crippen LogP contribution >= 0.6 is 0 Å². The Morgan fingerprint density at radius 2 is 2.00 bits per heavy atom. The van der Waals surface area contributed by atoms with Crippen molar-refractivity contribution in [1.82, 2.24) is 9.78 Å². The van der Waals surface area contributed by atoms with Crippen molar-refractivity contribution in [2.45, 2.75) is 19.5 Å². The van der Waals surface area contributed by atoms with Crippen molar-refractivity contribution in [3.05, 3.63) is 36.5 Å². The van der Waals surface area contributed by atoms with E-state index in [-0.39, 0.29) is 6.04 Å². The van der Waals surface area contributed by atoms with Crippen molar-refractivity contribution in [2.24, 2.45) is 5.73 Å². The molecule has 2 aromatic rings. The molecule has 0 amide bonds. The van der Waals surface area contributed by atoms with Crippen molar-refractivity contribution in [1.29, 1.82) is 0 Å². The van der Waals surface area contributed by atoms with E-state index in [4.69, 9.17) is 10.5 Å². The van der Waals surface area contributed by atoms with E-state index < -0.39 is 0 Å². The van der Waals surface area contributed by atoms with E-state index in [0.29, 0.717) is 0 Å². The Morgan fingerprint density at radius 3 is 2.59 bits per heavy atom. The monoisotopic (exact) mass is 231 g/mol. The quantitative estimate of drug-likeness (QED) is 0.874. The van der Waals surface area contributed by atoms with Crippen molar-refractivity contribution in [3.63, 3.8) is 0 Å². The van der Waals surface area contributed by atoms with Crippen LogP contribution in [0.2, 0.25) is 0 Å². The molecule has 0 radical (unpaired) electrons. The first-order valence-corrected chi connectivity index (χ1v) is 5.62. The summed E-state index contributed by atoms with van der Waals surface area (Å²) in [6.45, 7) is 2.70. The van der Waals surface area contributed by atoms with Gasteiger partial charge in [0, 0.05) is 17.8 Å². The van der Waals surface area contributed by atoms with Gasteiger partial charge in [-0.25, -0.2) is 0 Å². The summed E-state index contributed by atoms with van der Waals surface area (Å²) in [6.07, 6.45) is 1.95. The highest BCUT2D eigenvalue weighted by atomic mass is 16.5. The molecule has 4 heteroatoms. The van der Waals surface area contributed by atoms with Gasteiger partial charge in [-0.2, -0.15) is 5.10 Å². The Hall–Kier alpha value is -1.81. The molecule has 4 nitrogen and oxygen atoms in total. The average Bonchev–Trinajstić information content (AvgIpc) is 2.77. The Bertz CT molecular complexity index is 474. The first-order chi connectivity index (χ1) is 8.19. The number of methoxy groups -OCH3 is 1. The predicted molar refractivity (Wildman–Crippen MR) is 67.9 cm³/mol. The van der Waals surface area contributed by atoms with E-state index >= 15 is 0 Å². The lowest BCUT2D eigenvalue weighted by atomic mass is 10.1. The number of hydrogen-bond acceptors (Lipinski definition) is 3. The summed E-state index contributed by atoms with van der Waals surface area (Å²) in [7, 11) is 1.66. The molecule has 0 aliphatic carbocycles. The lowest BCUT2D eigenvalue weighted by molar-refractivity contribution is 0.415. The molecule has 0 bridgehead atoms. The van der Waals surface area contributed by atoms with E-state index in [1.54, 1.807) is 7.11 Å². The molecule has 2 rings (SSSR count). The molecular weight excluding hydrogens is 214 g/mol. The minimum atomic E-state index is 0.110. The standard InChI is InChI=1S/C13H17N3O/c1-10(14)9-16-8-7-13(15-16)11-3-5-12(17-2)6-4-11/h3-8,10H,9,14H2,1-2H3/t10-/m0/s1. The van der Waals surface area contributed by atoms with Gasteiger partial charge in [0.1, 0.15) is 5.75 Å². The van der Waals surface area contributed by atoms with Gasteiger partial charge in [-0.15, -0.1) is 0 Å². The molecule has 2 N–H and O–H groups in total. The molecule has 1 atom stereocenters. The summed E-state index contributed by atoms with van der Waals surface area (Å²) in [4.78, 5) is 0. The summed E-state index contributed by atoms with van der Waals surface area (Å²) >= 11 is 0. The molecule has 17 heavy (non-hydrogen) atoms. The van der Waals surface area contributed by atoms with Gasteiger partial charge < -0.3 is 10.5 Å². The molecule has 0 spiro atoms. The van der Waals surface area contributed by atoms with Crippen LogP contribution in [0.1, 0.15) is 6.92 Å². The third-order valence-corrected chi connectivity index (χ3v) is 2.50. The minimum absolute atomic E-state index is 0.110. The smallest absolute Gasteiger partial charge is 0.118 e. The lowest BCUT2D eigenvalue weighted by Crippen LogP contribution is -2.22.